The number of methoxy groups -OCH3 is 1. The van der Waals surface area contributed by atoms with Crippen molar-refractivity contribution in [2.45, 2.75) is 19.6 Å². The summed E-state index contributed by atoms with van der Waals surface area (Å²) in [5.41, 5.74) is 4.42. The number of amides is 2. The number of carbonyl (C=O) groups excluding carboxylic acids is 2. The predicted octanol–water partition coefficient (Wildman–Crippen LogP) is 4.17. The fourth-order valence-corrected chi connectivity index (χ4v) is 3.72. The van der Waals surface area contributed by atoms with E-state index in [1.165, 1.54) is 14.0 Å². The number of alkyl halides is 3. The second-order valence-corrected chi connectivity index (χ2v) is 7.67. The van der Waals surface area contributed by atoms with E-state index in [9.17, 15) is 22.8 Å². The first-order valence-corrected chi connectivity index (χ1v) is 10.4. The van der Waals surface area contributed by atoms with Crippen LogP contribution < -0.4 is 15.8 Å². The number of aromatic nitrogens is 3. The summed E-state index contributed by atoms with van der Waals surface area (Å²) in [7, 11) is 1.46. The van der Waals surface area contributed by atoms with Gasteiger partial charge in [0, 0.05) is 10.9 Å². The largest absolute Gasteiger partial charge is 0.496 e. The molecular formula is C24H20F3N5O3. The molecule has 0 aliphatic heterocycles. The average molecular weight is 483 g/mol. The Balaban J connectivity index is 1.75. The first kappa shape index (κ1) is 23.7. The average Bonchev–Trinajstić information content (AvgIpc) is 3.14. The second-order valence-electron chi connectivity index (χ2n) is 7.67. The van der Waals surface area contributed by atoms with E-state index < -0.39 is 29.4 Å². The first-order chi connectivity index (χ1) is 16.6. The van der Waals surface area contributed by atoms with E-state index in [1.807, 2.05) is 0 Å². The smallest absolute Gasteiger partial charge is 0.437 e. The van der Waals surface area contributed by atoms with Crippen LogP contribution in [-0.2, 0) is 12.7 Å². The van der Waals surface area contributed by atoms with Gasteiger partial charge in [0.05, 0.1) is 36.1 Å². The monoisotopic (exact) mass is 483 g/mol. The van der Waals surface area contributed by atoms with E-state index in [-0.39, 0.29) is 23.5 Å². The molecule has 2 aromatic carbocycles. The number of nitrogens with zero attached hydrogens (tertiary/aromatic N) is 3. The van der Waals surface area contributed by atoms with Gasteiger partial charge in [-0.05, 0) is 25.1 Å². The maximum atomic E-state index is 13.8. The maximum absolute atomic E-state index is 13.8. The van der Waals surface area contributed by atoms with Gasteiger partial charge in [0.1, 0.15) is 11.4 Å². The summed E-state index contributed by atoms with van der Waals surface area (Å²) in [6.45, 7) is 1.39. The lowest BCUT2D eigenvalue weighted by molar-refractivity contribution is -0.140. The first-order valence-electron chi connectivity index (χ1n) is 10.4. The van der Waals surface area contributed by atoms with Crippen LogP contribution in [0.25, 0.3) is 10.9 Å². The van der Waals surface area contributed by atoms with Gasteiger partial charge < -0.3 is 15.8 Å². The SMILES string of the molecule is COc1ccccc1Cn1nc(C(F)(F)F)c(NC(=O)c2cc(C(N)=O)c3ccccc3n2)c1C. The van der Waals surface area contributed by atoms with E-state index in [2.05, 4.69) is 15.4 Å². The number of para-hydroxylation sites is 2. The van der Waals surface area contributed by atoms with Crippen LogP contribution in [0.3, 0.4) is 0 Å². The number of fused-ring (bicyclic) bond motifs is 1. The van der Waals surface area contributed by atoms with Crippen LogP contribution in [0.4, 0.5) is 18.9 Å². The Morgan fingerprint density at radius 2 is 1.80 bits per heavy atom. The van der Waals surface area contributed by atoms with E-state index in [4.69, 9.17) is 10.5 Å². The van der Waals surface area contributed by atoms with Crippen LogP contribution in [0.5, 0.6) is 5.75 Å². The van der Waals surface area contributed by atoms with Crippen molar-refractivity contribution in [1.82, 2.24) is 14.8 Å². The number of anilines is 1. The van der Waals surface area contributed by atoms with E-state index in [1.54, 1.807) is 48.5 Å². The molecular weight excluding hydrogens is 463 g/mol. The normalized spacial score (nSPS) is 11.5. The molecule has 0 saturated heterocycles. The molecule has 0 spiro atoms. The van der Waals surface area contributed by atoms with E-state index in [0.29, 0.717) is 22.2 Å². The summed E-state index contributed by atoms with van der Waals surface area (Å²) in [6.07, 6.45) is -4.84. The van der Waals surface area contributed by atoms with Gasteiger partial charge in [-0.1, -0.05) is 36.4 Å². The van der Waals surface area contributed by atoms with Crippen LogP contribution in [0, 0.1) is 6.92 Å². The molecule has 0 aliphatic rings. The quantitative estimate of drug-likeness (QED) is 0.428. The highest BCUT2D eigenvalue weighted by Gasteiger charge is 2.39. The number of carbonyl (C=O) groups is 2. The lowest BCUT2D eigenvalue weighted by Gasteiger charge is -2.11. The Hall–Kier alpha value is -4.41. The van der Waals surface area contributed by atoms with Gasteiger partial charge in [0.2, 0.25) is 5.91 Å². The topological polar surface area (TPSA) is 112 Å². The Kier molecular flexibility index (Phi) is 6.16. The number of benzene rings is 2. The van der Waals surface area contributed by atoms with Crippen LogP contribution in [0.2, 0.25) is 0 Å². The van der Waals surface area contributed by atoms with Gasteiger partial charge in [-0.3, -0.25) is 14.3 Å². The summed E-state index contributed by atoms with van der Waals surface area (Å²) in [5.74, 6) is -1.25. The van der Waals surface area contributed by atoms with Crippen molar-refractivity contribution in [3.8, 4) is 5.75 Å². The number of ether oxygens (including phenoxy) is 1. The van der Waals surface area contributed by atoms with E-state index >= 15 is 0 Å². The minimum Gasteiger partial charge on any atom is -0.496 e. The maximum Gasteiger partial charge on any atom is 0.437 e. The summed E-state index contributed by atoms with van der Waals surface area (Å²) in [5, 5.41) is 6.42. The summed E-state index contributed by atoms with van der Waals surface area (Å²) >= 11 is 0. The number of nitrogens with one attached hydrogen (secondary N) is 1. The summed E-state index contributed by atoms with van der Waals surface area (Å²) in [6, 6.07) is 14.5. The number of nitrogens with two attached hydrogens (primary N) is 1. The number of hydrogen-bond acceptors (Lipinski definition) is 5. The molecule has 3 N–H and O–H groups in total. The molecule has 0 unspecified atom stereocenters. The van der Waals surface area contributed by atoms with Crippen molar-refractivity contribution in [3.05, 3.63) is 82.8 Å². The molecule has 0 saturated carbocycles. The number of hydrogen-bond donors (Lipinski definition) is 2. The molecule has 4 rings (SSSR count). The zero-order chi connectivity index (χ0) is 25.3. The van der Waals surface area contributed by atoms with E-state index in [0.717, 1.165) is 10.7 Å². The molecule has 35 heavy (non-hydrogen) atoms. The van der Waals surface area contributed by atoms with Crippen molar-refractivity contribution in [2.24, 2.45) is 5.73 Å². The number of primary amides is 1. The fourth-order valence-electron chi connectivity index (χ4n) is 3.72. The third-order valence-electron chi connectivity index (χ3n) is 5.44. The number of halogens is 3. The Morgan fingerprint density at radius 1 is 1.11 bits per heavy atom. The van der Waals surface area contributed by atoms with Gasteiger partial charge in [0.25, 0.3) is 5.91 Å². The molecule has 0 aliphatic carbocycles. The summed E-state index contributed by atoms with van der Waals surface area (Å²) < 4.78 is 47.9. The molecule has 180 valence electrons. The van der Waals surface area contributed by atoms with Gasteiger partial charge in [-0.15, -0.1) is 0 Å². The molecule has 2 aromatic heterocycles. The van der Waals surface area contributed by atoms with Crippen LogP contribution in [0.1, 0.15) is 37.8 Å². The molecule has 4 aromatic rings. The third-order valence-corrected chi connectivity index (χ3v) is 5.44. The van der Waals surface area contributed by atoms with Crippen LogP contribution >= 0.6 is 0 Å². The standard InChI is InChI=1S/C24H20F3N5O3/c1-13-20(21(24(25,26)27)31-32(13)12-14-7-3-6-10-19(14)35-2)30-23(34)18-11-16(22(28)33)15-8-4-5-9-17(15)29-18/h3-11H,12H2,1-2H3,(H2,28,33)(H,30,34). The highest BCUT2D eigenvalue weighted by atomic mass is 19.4. The Morgan fingerprint density at radius 3 is 2.49 bits per heavy atom. The van der Waals surface area contributed by atoms with Gasteiger partial charge in [-0.25, -0.2) is 4.98 Å². The van der Waals surface area contributed by atoms with Crippen molar-refractivity contribution in [1.29, 1.82) is 0 Å². The lowest BCUT2D eigenvalue weighted by Crippen LogP contribution is -2.19. The van der Waals surface area contributed by atoms with Crippen molar-refractivity contribution >= 4 is 28.4 Å². The molecule has 11 heteroatoms. The molecule has 0 radical (unpaired) electrons. The third kappa shape index (κ3) is 4.65. The zero-order valence-corrected chi connectivity index (χ0v) is 18.7. The Labute approximate surface area is 197 Å². The van der Waals surface area contributed by atoms with Gasteiger partial charge >= 0.3 is 6.18 Å². The molecule has 2 heterocycles. The molecule has 0 fully saturated rings. The minimum atomic E-state index is -4.84. The van der Waals surface area contributed by atoms with Crippen molar-refractivity contribution in [3.63, 3.8) is 0 Å². The van der Waals surface area contributed by atoms with Crippen molar-refractivity contribution in [2.75, 3.05) is 12.4 Å². The fraction of sp³-hybridized carbons (Fsp3) is 0.167. The summed E-state index contributed by atoms with van der Waals surface area (Å²) in [4.78, 5) is 29.1. The lowest BCUT2D eigenvalue weighted by atomic mass is 10.1. The van der Waals surface area contributed by atoms with Crippen LogP contribution in [0.15, 0.2) is 54.6 Å². The number of pyridine rings is 1. The molecule has 2 amide bonds. The predicted molar refractivity (Wildman–Crippen MR) is 122 cm³/mol. The molecule has 0 atom stereocenters. The van der Waals surface area contributed by atoms with Crippen molar-refractivity contribution < 1.29 is 27.5 Å². The Bertz CT molecular complexity index is 1450. The zero-order valence-electron chi connectivity index (χ0n) is 18.7. The van der Waals surface area contributed by atoms with Crippen LogP contribution in [-0.4, -0.2) is 33.7 Å². The second kappa shape index (κ2) is 9.09. The van der Waals surface area contributed by atoms with Gasteiger partial charge in [-0.2, -0.15) is 18.3 Å². The molecule has 0 bridgehead atoms. The molecule has 8 nitrogen and oxygen atoms in total. The minimum absolute atomic E-state index is 0.0190. The number of rotatable bonds is 6. The highest BCUT2D eigenvalue weighted by molar-refractivity contribution is 6.10. The highest BCUT2D eigenvalue weighted by Crippen LogP contribution is 2.36. The van der Waals surface area contributed by atoms with Gasteiger partial charge in [0.15, 0.2) is 5.69 Å².